The number of hydrogen-bond donors (Lipinski definition) is 0. The van der Waals surface area contributed by atoms with Gasteiger partial charge in [0.1, 0.15) is 0 Å². The van der Waals surface area contributed by atoms with Gasteiger partial charge in [0.05, 0.1) is 13.4 Å². The van der Waals surface area contributed by atoms with E-state index in [1.165, 1.54) is 0 Å². The normalized spacial score (nSPS) is 13.6. The molecule has 0 unspecified atom stereocenters. The summed E-state index contributed by atoms with van der Waals surface area (Å²) >= 11 is 0. The quantitative estimate of drug-likeness (QED) is 0.415. The van der Waals surface area contributed by atoms with E-state index in [-0.39, 0.29) is 0 Å². The Balaban J connectivity index is 3.35. The van der Waals surface area contributed by atoms with E-state index in [1.54, 1.807) is 13.4 Å². The molecule has 0 fully saturated rings. The van der Waals surface area contributed by atoms with Crippen LogP contribution in [0.3, 0.4) is 0 Å². The smallest absolute Gasteiger partial charge is 0.0787 e. The van der Waals surface area contributed by atoms with E-state index in [1.807, 2.05) is 12.2 Å². The SMILES string of the molecule is C=CC[C@H](C)/C=C/OC. The minimum atomic E-state index is 0.544. The van der Waals surface area contributed by atoms with Crippen LogP contribution >= 0.6 is 0 Å². The Morgan fingerprint density at radius 3 is 2.78 bits per heavy atom. The molecule has 0 aliphatic rings. The molecule has 0 heterocycles. The van der Waals surface area contributed by atoms with Gasteiger partial charge in [-0.2, -0.15) is 0 Å². The van der Waals surface area contributed by atoms with E-state index in [0.29, 0.717) is 5.92 Å². The maximum atomic E-state index is 4.74. The predicted octanol–water partition coefficient (Wildman–Crippen LogP) is 2.36. The first-order valence-electron chi connectivity index (χ1n) is 3.11. The van der Waals surface area contributed by atoms with E-state index in [2.05, 4.69) is 13.5 Å². The van der Waals surface area contributed by atoms with Gasteiger partial charge in [0.2, 0.25) is 0 Å². The Morgan fingerprint density at radius 1 is 1.67 bits per heavy atom. The van der Waals surface area contributed by atoms with Crippen LogP contribution in [-0.4, -0.2) is 7.11 Å². The zero-order chi connectivity index (χ0) is 7.11. The zero-order valence-corrected chi connectivity index (χ0v) is 6.13. The van der Waals surface area contributed by atoms with Crippen LogP contribution in [0.15, 0.2) is 25.0 Å². The highest BCUT2D eigenvalue weighted by atomic mass is 16.5. The summed E-state index contributed by atoms with van der Waals surface area (Å²) in [7, 11) is 1.65. The van der Waals surface area contributed by atoms with E-state index in [4.69, 9.17) is 4.74 Å². The van der Waals surface area contributed by atoms with Crippen molar-refractivity contribution in [2.75, 3.05) is 7.11 Å². The molecule has 0 aromatic carbocycles. The lowest BCUT2D eigenvalue weighted by molar-refractivity contribution is 0.334. The van der Waals surface area contributed by atoms with Gasteiger partial charge in [0, 0.05) is 0 Å². The van der Waals surface area contributed by atoms with Gasteiger partial charge < -0.3 is 4.74 Å². The number of rotatable bonds is 4. The molecule has 0 N–H and O–H groups in total. The Morgan fingerprint density at radius 2 is 2.33 bits per heavy atom. The topological polar surface area (TPSA) is 9.23 Å². The Labute approximate surface area is 57.0 Å². The van der Waals surface area contributed by atoms with Crippen LogP contribution in [0.4, 0.5) is 0 Å². The molecular formula is C8H14O. The molecule has 0 saturated heterocycles. The fraction of sp³-hybridized carbons (Fsp3) is 0.500. The van der Waals surface area contributed by atoms with Gasteiger partial charge in [-0.25, -0.2) is 0 Å². The molecule has 52 valence electrons. The Hall–Kier alpha value is -0.720. The molecule has 1 heteroatoms. The third-order valence-electron chi connectivity index (χ3n) is 1.08. The third kappa shape index (κ3) is 5.15. The number of ether oxygens (including phenoxy) is 1. The van der Waals surface area contributed by atoms with E-state index in [9.17, 15) is 0 Å². The zero-order valence-electron chi connectivity index (χ0n) is 6.13. The summed E-state index contributed by atoms with van der Waals surface area (Å²) < 4.78 is 4.74. The van der Waals surface area contributed by atoms with Crippen molar-refractivity contribution in [3.63, 3.8) is 0 Å². The summed E-state index contributed by atoms with van der Waals surface area (Å²) in [6.07, 6.45) is 6.64. The molecule has 0 aromatic rings. The van der Waals surface area contributed by atoms with Crippen molar-refractivity contribution in [2.24, 2.45) is 5.92 Å². The second-order valence-corrected chi connectivity index (χ2v) is 2.07. The molecular weight excluding hydrogens is 112 g/mol. The highest BCUT2D eigenvalue weighted by molar-refractivity contribution is 4.84. The summed E-state index contributed by atoms with van der Waals surface area (Å²) in [4.78, 5) is 0. The predicted molar refractivity (Wildman–Crippen MR) is 40.1 cm³/mol. The highest BCUT2D eigenvalue weighted by Crippen LogP contribution is 2.02. The lowest BCUT2D eigenvalue weighted by atomic mass is 10.1. The van der Waals surface area contributed by atoms with Gasteiger partial charge in [-0.1, -0.05) is 13.0 Å². The summed E-state index contributed by atoms with van der Waals surface area (Å²) in [5.41, 5.74) is 0. The second-order valence-electron chi connectivity index (χ2n) is 2.07. The van der Waals surface area contributed by atoms with Crippen molar-refractivity contribution in [2.45, 2.75) is 13.3 Å². The minimum Gasteiger partial charge on any atom is -0.505 e. The van der Waals surface area contributed by atoms with Crippen LogP contribution in [0.2, 0.25) is 0 Å². The molecule has 0 radical (unpaired) electrons. The van der Waals surface area contributed by atoms with E-state index in [0.717, 1.165) is 6.42 Å². The third-order valence-corrected chi connectivity index (χ3v) is 1.08. The van der Waals surface area contributed by atoms with Gasteiger partial charge in [-0.15, -0.1) is 6.58 Å². The van der Waals surface area contributed by atoms with Crippen molar-refractivity contribution >= 4 is 0 Å². The molecule has 0 aromatic heterocycles. The maximum absolute atomic E-state index is 4.74. The molecule has 9 heavy (non-hydrogen) atoms. The van der Waals surface area contributed by atoms with Gasteiger partial charge in [0.25, 0.3) is 0 Å². The summed E-state index contributed by atoms with van der Waals surface area (Å²) in [5, 5.41) is 0. The molecule has 0 bridgehead atoms. The van der Waals surface area contributed by atoms with Gasteiger partial charge in [-0.3, -0.25) is 0 Å². The summed E-state index contributed by atoms with van der Waals surface area (Å²) in [6, 6.07) is 0. The van der Waals surface area contributed by atoms with Crippen molar-refractivity contribution < 1.29 is 4.74 Å². The van der Waals surface area contributed by atoms with E-state index >= 15 is 0 Å². The average molecular weight is 126 g/mol. The molecule has 0 aliphatic carbocycles. The van der Waals surface area contributed by atoms with Gasteiger partial charge in [0.15, 0.2) is 0 Å². The fourth-order valence-electron chi connectivity index (χ4n) is 0.554. The first kappa shape index (κ1) is 8.28. The molecule has 0 spiro atoms. The highest BCUT2D eigenvalue weighted by Gasteiger charge is 1.89. The summed E-state index contributed by atoms with van der Waals surface area (Å²) in [6.45, 7) is 5.76. The fourth-order valence-corrected chi connectivity index (χ4v) is 0.554. The van der Waals surface area contributed by atoms with Crippen molar-refractivity contribution in [3.05, 3.63) is 25.0 Å². The monoisotopic (exact) mass is 126 g/mol. The Kier molecular flexibility index (Phi) is 4.98. The van der Waals surface area contributed by atoms with E-state index < -0.39 is 0 Å². The van der Waals surface area contributed by atoms with Gasteiger partial charge in [-0.05, 0) is 18.4 Å². The largest absolute Gasteiger partial charge is 0.505 e. The number of allylic oxidation sites excluding steroid dienone is 2. The lowest BCUT2D eigenvalue weighted by Crippen LogP contribution is -1.85. The van der Waals surface area contributed by atoms with Crippen LogP contribution in [0.5, 0.6) is 0 Å². The molecule has 1 nitrogen and oxygen atoms in total. The second kappa shape index (κ2) is 5.42. The summed E-state index contributed by atoms with van der Waals surface area (Å²) in [5.74, 6) is 0.544. The first-order valence-corrected chi connectivity index (χ1v) is 3.11. The molecule has 0 rings (SSSR count). The lowest BCUT2D eigenvalue weighted by Gasteiger charge is -1.98. The minimum absolute atomic E-state index is 0.544. The van der Waals surface area contributed by atoms with Crippen LogP contribution in [0.1, 0.15) is 13.3 Å². The first-order chi connectivity index (χ1) is 4.31. The number of hydrogen-bond acceptors (Lipinski definition) is 1. The van der Waals surface area contributed by atoms with Crippen LogP contribution in [0, 0.1) is 5.92 Å². The van der Waals surface area contributed by atoms with Crippen molar-refractivity contribution in [1.29, 1.82) is 0 Å². The van der Waals surface area contributed by atoms with Crippen molar-refractivity contribution in [3.8, 4) is 0 Å². The number of methoxy groups -OCH3 is 1. The van der Waals surface area contributed by atoms with Crippen LogP contribution < -0.4 is 0 Å². The van der Waals surface area contributed by atoms with Crippen molar-refractivity contribution in [1.82, 2.24) is 0 Å². The Bertz CT molecular complexity index is 94.7. The molecule has 0 amide bonds. The molecule has 1 atom stereocenters. The standard InChI is InChI=1S/C8H14O/c1-4-5-8(2)6-7-9-3/h4,6-8H,1,5H2,2-3H3/b7-6+/t8-/m0/s1. The van der Waals surface area contributed by atoms with Gasteiger partial charge >= 0.3 is 0 Å². The van der Waals surface area contributed by atoms with Crippen LogP contribution in [-0.2, 0) is 4.74 Å². The molecule has 0 aliphatic heterocycles. The maximum Gasteiger partial charge on any atom is 0.0787 e. The average Bonchev–Trinajstić information content (AvgIpc) is 1.85. The molecule has 0 saturated carbocycles. The van der Waals surface area contributed by atoms with Crippen LogP contribution in [0.25, 0.3) is 0 Å².